The van der Waals surface area contributed by atoms with Crippen LogP contribution in [0.3, 0.4) is 0 Å². The second-order valence-electron chi connectivity index (χ2n) is 2.88. The minimum absolute atomic E-state index is 0.244. The minimum Gasteiger partial charge on any atom is -0.507 e. The fourth-order valence-electron chi connectivity index (χ4n) is 1.18. The van der Waals surface area contributed by atoms with Gasteiger partial charge in [0, 0.05) is 5.56 Å². The molecule has 2 rings (SSSR count). The molecule has 1 aromatic carbocycles. The van der Waals surface area contributed by atoms with Crippen LogP contribution in [-0.2, 0) is 0 Å². The summed E-state index contributed by atoms with van der Waals surface area (Å²) in [4.78, 5) is 0. The molecule has 1 aliphatic heterocycles. The van der Waals surface area contributed by atoms with Crippen molar-refractivity contribution in [1.29, 1.82) is 0 Å². The second-order valence-corrected chi connectivity index (χ2v) is 4.55. The molecule has 0 radical (unpaired) electrons. The van der Waals surface area contributed by atoms with Crippen molar-refractivity contribution >= 4 is 15.9 Å². The minimum atomic E-state index is -0.382. The molecule has 2 N–H and O–H groups in total. The van der Waals surface area contributed by atoms with Crippen LogP contribution in [0.25, 0.3) is 0 Å². The zero-order valence-electron chi connectivity index (χ0n) is 7.42. The zero-order chi connectivity index (χ0) is 9.97. The van der Waals surface area contributed by atoms with Crippen molar-refractivity contribution in [1.82, 2.24) is 0 Å². The van der Waals surface area contributed by atoms with Gasteiger partial charge in [0.25, 0.3) is 0 Å². The lowest BCUT2D eigenvalue weighted by molar-refractivity contribution is 0.457. The van der Waals surface area contributed by atoms with Crippen LogP contribution < -0.4 is 0 Å². The molecule has 1 heterocycles. The number of para-hydroxylation sites is 1. The number of hydrogen-bond acceptors (Lipinski definition) is 2. The molecule has 0 spiro atoms. The summed E-state index contributed by atoms with van der Waals surface area (Å²) in [5.74, 6) is 0.244. The van der Waals surface area contributed by atoms with E-state index in [0.717, 1.165) is 5.56 Å². The van der Waals surface area contributed by atoms with Gasteiger partial charge in [0.15, 0.2) is 0 Å². The van der Waals surface area contributed by atoms with E-state index < -0.39 is 0 Å². The summed E-state index contributed by atoms with van der Waals surface area (Å²) in [5.41, 5.74) is 0.752. The van der Waals surface area contributed by atoms with Gasteiger partial charge in [-0.3, -0.25) is 0 Å². The Morgan fingerprint density at radius 2 is 1.93 bits per heavy atom. The number of benzene rings is 1. The first-order valence-electron chi connectivity index (χ1n) is 4.19. The lowest BCUT2D eigenvalue weighted by Crippen LogP contribution is -1.82. The third-order valence-electron chi connectivity index (χ3n) is 1.90. The van der Waals surface area contributed by atoms with Crippen LogP contribution >= 0.6 is 10.5 Å². The van der Waals surface area contributed by atoms with Crippen molar-refractivity contribution in [2.24, 2.45) is 0 Å². The average molecular weight is 206 g/mol. The van der Waals surface area contributed by atoms with Crippen molar-refractivity contribution in [2.75, 3.05) is 0 Å². The standard InChI is InChI=1S/C11H10O2S/c12-10-5-2-1-4-9(10)8-14-7-3-6-11(14)13/h1-8,12-13H. The lowest BCUT2D eigenvalue weighted by atomic mass is 10.2. The van der Waals surface area contributed by atoms with E-state index >= 15 is 0 Å². The van der Waals surface area contributed by atoms with Crippen LogP contribution in [0.4, 0.5) is 0 Å². The largest absolute Gasteiger partial charge is 0.507 e. The van der Waals surface area contributed by atoms with E-state index in [2.05, 4.69) is 0 Å². The van der Waals surface area contributed by atoms with Crippen LogP contribution in [-0.4, -0.2) is 15.6 Å². The number of hydrogen-bond donors (Lipinski definition) is 2. The maximum atomic E-state index is 9.51. The van der Waals surface area contributed by atoms with Crippen molar-refractivity contribution in [3.8, 4) is 5.75 Å². The summed E-state index contributed by atoms with van der Waals surface area (Å²) in [6.07, 6.45) is 3.48. The predicted molar refractivity (Wildman–Crippen MR) is 60.7 cm³/mol. The van der Waals surface area contributed by atoms with E-state index in [-0.39, 0.29) is 16.2 Å². The van der Waals surface area contributed by atoms with Crippen molar-refractivity contribution in [2.45, 2.75) is 0 Å². The van der Waals surface area contributed by atoms with Gasteiger partial charge in [-0.15, -0.1) is 0 Å². The maximum Gasteiger partial charge on any atom is 0.148 e. The normalized spacial score (nSPS) is 20.0. The second kappa shape index (κ2) is 3.72. The molecular weight excluding hydrogens is 196 g/mol. The molecule has 72 valence electrons. The number of aliphatic hydroxyl groups is 1. The summed E-state index contributed by atoms with van der Waals surface area (Å²) in [6.45, 7) is 0. The smallest absolute Gasteiger partial charge is 0.148 e. The predicted octanol–water partition coefficient (Wildman–Crippen LogP) is 2.74. The summed E-state index contributed by atoms with van der Waals surface area (Å²) < 4.78 is 0. The Kier molecular flexibility index (Phi) is 2.41. The highest BCUT2D eigenvalue weighted by molar-refractivity contribution is 8.21. The lowest BCUT2D eigenvalue weighted by Gasteiger charge is -2.01. The number of aromatic hydroxyl groups is 1. The van der Waals surface area contributed by atoms with Crippen LogP contribution in [0.5, 0.6) is 5.75 Å². The van der Waals surface area contributed by atoms with Crippen LogP contribution in [0.2, 0.25) is 0 Å². The zero-order valence-corrected chi connectivity index (χ0v) is 8.24. The summed E-state index contributed by atoms with van der Waals surface area (Å²) in [7, 11) is -0.382. The topological polar surface area (TPSA) is 40.5 Å². The van der Waals surface area contributed by atoms with E-state index in [0.29, 0.717) is 5.09 Å². The van der Waals surface area contributed by atoms with Gasteiger partial charge in [0.05, 0.1) is 0 Å². The number of rotatable bonds is 1. The highest BCUT2D eigenvalue weighted by Crippen LogP contribution is 2.30. The molecule has 0 aromatic heterocycles. The molecule has 0 saturated carbocycles. The van der Waals surface area contributed by atoms with Crippen LogP contribution in [0.15, 0.2) is 46.9 Å². The van der Waals surface area contributed by atoms with Crippen molar-refractivity contribution in [3.05, 3.63) is 52.5 Å². The Balaban J connectivity index is 2.39. The van der Waals surface area contributed by atoms with Gasteiger partial charge in [-0.05, 0) is 22.9 Å². The number of aliphatic hydroxyl groups excluding tert-OH is 1. The molecule has 0 aliphatic carbocycles. The summed E-state index contributed by atoms with van der Waals surface area (Å²) in [6, 6.07) is 7.09. The van der Waals surface area contributed by atoms with E-state index in [1.165, 1.54) is 0 Å². The van der Waals surface area contributed by atoms with Gasteiger partial charge < -0.3 is 10.2 Å². The van der Waals surface area contributed by atoms with Crippen LogP contribution in [0, 0.1) is 0 Å². The molecule has 1 aliphatic rings. The Morgan fingerprint density at radius 3 is 2.57 bits per heavy atom. The van der Waals surface area contributed by atoms with E-state index in [1.807, 2.05) is 29.0 Å². The Morgan fingerprint density at radius 1 is 1.14 bits per heavy atom. The highest BCUT2D eigenvalue weighted by atomic mass is 32.2. The fraction of sp³-hybridized carbons (Fsp3) is 0. The van der Waals surface area contributed by atoms with Gasteiger partial charge >= 0.3 is 0 Å². The van der Waals surface area contributed by atoms with Crippen molar-refractivity contribution < 1.29 is 10.2 Å². The molecule has 0 bridgehead atoms. The molecule has 14 heavy (non-hydrogen) atoms. The molecular formula is C11H10O2S. The molecule has 0 amide bonds. The number of phenols is 1. The number of phenolic OH excluding ortho intramolecular Hbond substituents is 1. The molecule has 1 aromatic rings. The monoisotopic (exact) mass is 206 g/mol. The van der Waals surface area contributed by atoms with Gasteiger partial charge in [-0.25, -0.2) is 0 Å². The maximum absolute atomic E-state index is 9.51. The first-order chi connectivity index (χ1) is 6.77. The molecule has 1 unspecified atom stereocenters. The van der Waals surface area contributed by atoms with Gasteiger partial charge in [-0.1, -0.05) is 34.8 Å². The fourth-order valence-corrected chi connectivity index (χ4v) is 2.47. The van der Waals surface area contributed by atoms with E-state index in [9.17, 15) is 10.2 Å². The third kappa shape index (κ3) is 1.72. The van der Waals surface area contributed by atoms with E-state index in [1.54, 1.807) is 18.2 Å². The third-order valence-corrected chi connectivity index (χ3v) is 3.47. The molecule has 0 saturated heterocycles. The Labute approximate surface area is 84.8 Å². The molecule has 3 heteroatoms. The first kappa shape index (κ1) is 9.09. The Bertz CT molecular complexity index is 444. The highest BCUT2D eigenvalue weighted by Gasteiger charge is 2.03. The Hall–Kier alpha value is -1.48. The van der Waals surface area contributed by atoms with Gasteiger partial charge in [0.1, 0.15) is 10.8 Å². The quantitative estimate of drug-likeness (QED) is 0.693. The first-order valence-corrected chi connectivity index (χ1v) is 5.55. The average Bonchev–Trinajstić information content (AvgIpc) is 2.56. The molecule has 1 atom stereocenters. The summed E-state index contributed by atoms with van der Waals surface area (Å²) in [5, 5.41) is 23.0. The van der Waals surface area contributed by atoms with E-state index in [4.69, 9.17) is 0 Å². The molecule has 0 fully saturated rings. The summed E-state index contributed by atoms with van der Waals surface area (Å²) >= 11 is 0. The van der Waals surface area contributed by atoms with Crippen molar-refractivity contribution in [3.63, 3.8) is 0 Å². The van der Waals surface area contributed by atoms with Crippen LogP contribution in [0.1, 0.15) is 5.56 Å². The number of allylic oxidation sites excluding steroid dienone is 2. The van der Waals surface area contributed by atoms with Gasteiger partial charge in [-0.2, -0.15) is 0 Å². The molecule has 2 nitrogen and oxygen atoms in total. The van der Waals surface area contributed by atoms with Gasteiger partial charge in [0.2, 0.25) is 0 Å². The SMILES string of the molecule is OC1=CC=CS1=Cc1ccccc1O.